The van der Waals surface area contributed by atoms with Crippen LogP contribution in [0.25, 0.3) is 11.1 Å². The van der Waals surface area contributed by atoms with Crippen LogP contribution in [-0.4, -0.2) is 18.5 Å². The first-order valence-electron chi connectivity index (χ1n) is 8.46. The maximum Gasteiger partial charge on any atom is 0.227 e. The lowest BCUT2D eigenvalue weighted by Gasteiger charge is -2.27. The Morgan fingerprint density at radius 2 is 1.92 bits per heavy atom. The molecule has 2 aromatic carbocycles. The van der Waals surface area contributed by atoms with Crippen molar-refractivity contribution in [2.24, 2.45) is 5.92 Å². The summed E-state index contributed by atoms with van der Waals surface area (Å²) in [5.74, 6) is 0.283. The van der Waals surface area contributed by atoms with Crippen LogP contribution in [0.1, 0.15) is 30.9 Å². The smallest absolute Gasteiger partial charge is 0.227 e. The lowest BCUT2D eigenvalue weighted by molar-refractivity contribution is -0.120. The van der Waals surface area contributed by atoms with Gasteiger partial charge in [-0.05, 0) is 67.1 Å². The van der Waals surface area contributed by atoms with E-state index in [1.807, 2.05) is 6.07 Å². The number of carbonyl (C=O) groups excluding carboxylic acids is 1. The van der Waals surface area contributed by atoms with Crippen LogP contribution in [-0.2, 0) is 11.2 Å². The standard InChI is InChI=1S/C20H22N2O.ClH/c1-13-10-15(8-9-21-13)20(23)22-17-6-7-19-16(12-17)11-14-4-2-3-5-18(14)19;/h2-7,12-13,15,21H,8-11H2,1H3,(H,22,23);1H/t13-,15-;/m0./s1. The van der Waals surface area contributed by atoms with Gasteiger partial charge < -0.3 is 10.6 Å². The number of piperidine rings is 1. The van der Waals surface area contributed by atoms with Crippen molar-refractivity contribution in [3.05, 3.63) is 53.6 Å². The maximum atomic E-state index is 12.5. The van der Waals surface area contributed by atoms with Gasteiger partial charge in [0, 0.05) is 17.6 Å². The molecule has 1 saturated heterocycles. The zero-order valence-electron chi connectivity index (χ0n) is 13.8. The molecule has 4 rings (SSSR count). The summed E-state index contributed by atoms with van der Waals surface area (Å²) in [4.78, 5) is 12.5. The zero-order valence-corrected chi connectivity index (χ0v) is 14.7. The molecule has 2 aromatic rings. The molecule has 1 amide bonds. The first kappa shape index (κ1) is 17.0. The highest BCUT2D eigenvalue weighted by molar-refractivity contribution is 5.93. The number of amides is 1. The summed E-state index contributed by atoms with van der Waals surface area (Å²) in [5.41, 5.74) is 6.23. The Morgan fingerprint density at radius 3 is 2.75 bits per heavy atom. The van der Waals surface area contributed by atoms with E-state index in [1.165, 1.54) is 22.3 Å². The molecule has 2 aliphatic rings. The number of anilines is 1. The minimum absolute atomic E-state index is 0. The van der Waals surface area contributed by atoms with Crippen molar-refractivity contribution < 1.29 is 4.79 Å². The van der Waals surface area contributed by atoms with Crippen molar-refractivity contribution in [2.45, 2.75) is 32.2 Å². The third-order valence-electron chi connectivity index (χ3n) is 5.06. The first-order chi connectivity index (χ1) is 11.2. The van der Waals surface area contributed by atoms with E-state index in [1.54, 1.807) is 0 Å². The summed E-state index contributed by atoms with van der Waals surface area (Å²) in [6.45, 7) is 3.07. The molecule has 0 saturated carbocycles. The fourth-order valence-corrected chi connectivity index (χ4v) is 3.84. The molecule has 0 aromatic heterocycles. The Balaban J connectivity index is 0.00000169. The summed E-state index contributed by atoms with van der Waals surface area (Å²) in [7, 11) is 0. The van der Waals surface area contributed by atoms with Gasteiger partial charge in [0.15, 0.2) is 0 Å². The molecule has 1 heterocycles. The normalized spacial score (nSPS) is 21.4. The zero-order chi connectivity index (χ0) is 15.8. The van der Waals surface area contributed by atoms with Gasteiger partial charge in [-0.3, -0.25) is 4.79 Å². The summed E-state index contributed by atoms with van der Waals surface area (Å²) < 4.78 is 0. The van der Waals surface area contributed by atoms with Gasteiger partial charge >= 0.3 is 0 Å². The minimum Gasteiger partial charge on any atom is -0.326 e. The van der Waals surface area contributed by atoms with E-state index < -0.39 is 0 Å². The summed E-state index contributed by atoms with van der Waals surface area (Å²) >= 11 is 0. The van der Waals surface area contributed by atoms with Gasteiger partial charge in [0.2, 0.25) is 5.91 Å². The van der Waals surface area contributed by atoms with Crippen LogP contribution in [0, 0.1) is 5.92 Å². The molecule has 0 unspecified atom stereocenters. The highest BCUT2D eigenvalue weighted by Gasteiger charge is 2.25. The number of rotatable bonds is 2. The van der Waals surface area contributed by atoms with Crippen LogP contribution in [0.4, 0.5) is 5.69 Å². The number of nitrogens with one attached hydrogen (secondary N) is 2. The van der Waals surface area contributed by atoms with Gasteiger partial charge in [-0.15, -0.1) is 12.4 Å². The van der Waals surface area contributed by atoms with E-state index in [2.05, 4.69) is 54.0 Å². The predicted molar refractivity (Wildman–Crippen MR) is 101 cm³/mol. The molecule has 0 bridgehead atoms. The molecular formula is C20H23ClN2O. The van der Waals surface area contributed by atoms with Gasteiger partial charge in [-0.1, -0.05) is 30.3 Å². The second-order valence-corrected chi connectivity index (χ2v) is 6.77. The monoisotopic (exact) mass is 342 g/mol. The highest BCUT2D eigenvalue weighted by atomic mass is 35.5. The van der Waals surface area contributed by atoms with Crippen molar-refractivity contribution in [1.82, 2.24) is 5.32 Å². The predicted octanol–water partition coefficient (Wildman–Crippen LogP) is 4.01. The third-order valence-corrected chi connectivity index (χ3v) is 5.06. The lowest BCUT2D eigenvalue weighted by atomic mass is 9.92. The Morgan fingerprint density at radius 1 is 1.12 bits per heavy atom. The Hall–Kier alpha value is -1.84. The number of hydrogen-bond acceptors (Lipinski definition) is 2. The first-order valence-corrected chi connectivity index (χ1v) is 8.46. The number of hydrogen-bond donors (Lipinski definition) is 2. The van der Waals surface area contributed by atoms with E-state index in [9.17, 15) is 4.79 Å². The molecule has 1 fully saturated rings. The molecule has 126 valence electrons. The van der Waals surface area contributed by atoms with E-state index in [0.29, 0.717) is 6.04 Å². The van der Waals surface area contributed by atoms with E-state index in [4.69, 9.17) is 0 Å². The molecule has 2 N–H and O–H groups in total. The number of fused-ring (bicyclic) bond motifs is 3. The molecule has 2 atom stereocenters. The van der Waals surface area contributed by atoms with Crippen LogP contribution in [0.15, 0.2) is 42.5 Å². The van der Waals surface area contributed by atoms with Crippen molar-refractivity contribution >= 4 is 24.0 Å². The van der Waals surface area contributed by atoms with Gasteiger partial charge in [-0.2, -0.15) is 0 Å². The van der Waals surface area contributed by atoms with Gasteiger partial charge in [0.25, 0.3) is 0 Å². The van der Waals surface area contributed by atoms with Crippen LogP contribution >= 0.6 is 12.4 Å². The highest BCUT2D eigenvalue weighted by Crippen LogP contribution is 2.37. The molecule has 1 aliphatic heterocycles. The third kappa shape index (κ3) is 3.19. The van der Waals surface area contributed by atoms with Crippen LogP contribution in [0.3, 0.4) is 0 Å². The molecule has 1 aliphatic carbocycles. The van der Waals surface area contributed by atoms with Crippen molar-refractivity contribution in [2.75, 3.05) is 11.9 Å². The van der Waals surface area contributed by atoms with E-state index >= 15 is 0 Å². The summed E-state index contributed by atoms with van der Waals surface area (Å²) in [5, 5.41) is 6.52. The average molecular weight is 343 g/mol. The van der Waals surface area contributed by atoms with Crippen molar-refractivity contribution in [3.8, 4) is 11.1 Å². The van der Waals surface area contributed by atoms with Crippen molar-refractivity contribution in [1.29, 1.82) is 0 Å². The van der Waals surface area contributed by atoms with Gasteiger partial charge in [-0.25, -0.2) is 0 Å². The number of carbonyl (C=O) groups is 1. The van der Waals surface area contributed by atoms with E-state index in [0.717, 1.165) is 31.5 Å². The largest absolute Gasteiger partial charge is 0.326 e. The molecule has 24 heavy (non-hydrogen) atoms. The summed E-state index contributed by atoms with van der Waals surface area (Å²) in [6, 6.07) is 15.3. The Kier molecular flexibility index (Phi) is 4.93. The van der Waals surface area contributed by atoms with Gasteiger partial charge in [0.05, 0.1) is 0 Å². The molecule has 3 nitrogen and oxygen atoms in total. The Labute approximate surface area is 149 Å². The Bertz CT molecular complexity index is 759. The maximum absolute atomic E-state index is 12.5. The fourth-order valence-electron chi connectivity index (χ4n) is 3.84. The number of halogens is 1. The lowest BCUT2D eigenvalue weighted by Crippen LogP contribution is -2.40. The molecule has 0 spiro atoms. The quantitative estimate of drug-likeness (QED) is 0.739. The second-order valence-electron chi connectivity index (χ2n) is 6.77. The minimum atomic E-state index is 0. The number of benzene rings is 2. The average Bonchev–Trinajstić information content (AvgIpc) is 2.92. The SMILES string of the molecule is C[C@H]1C[C@@H](C(=O)Nc2ccc3c(c2)Cc2ccccc2-3)CCN1.Cl. The second kappa shape index (κ2) is 6.96. The van der Waals surface area contributed by atoms with E-state index in [-0.39, 0.29) is 24.2 Å². The van der Waals surface area contributed by atoms with Crippen LogP contribution < -0.4 is 10.6 Å². The molecule has 0 radical (unpaired) electrons. The fraction of sp³-hybridized carbons (Fsp3) is 0.350. The topological polar surface area (TPSA) is 41.1 Å². The molecule has 4 heteroatoms. The summed E-state index contributed by atoms with van der Waals surface area (Å²) in [6.07, 6.45) is 2.80. The van der Waals surface area contributed by atoms with Gasteiger partial charge in [0.1, 0.15) is 0 Å². The van der Waals surface area contributed by atoms with Crippen molar-refractivity contribution in [3.63, 3.8) is 0 Å². The van der Waals surface area contributed by atoms with Crippen LogP contribution in [0.5, 0.6) is 0 Å². The molecular weight excluding hydrogens is 320 g/mol. The van der Waals surface area contributed by atoms with Crippen LogP contribution in [0.2, 0.25) is 0 Å².